The molecule has 5 heteroatoms. The van der Waals surface area contributed by atoms with Gasteiger partial charge >= 0.3 is 0 Å². The summed E-state index contributed by atoms with van der Waals surface area (Å²) in [7, 11) is -1.55. The molecule has 0 bridgehead atoms. The number of hydrogen-bond donors (Lipinski definition) is 2. The zero-order chi connectivity index (χ0) is 15.5. The summed E-state index contributed by atoms with van der Waals surface area (Å²) >= 11 is 0. The van der Waals surface area contributed by atoms with Gasteiger partial charge in [-0.3, -0.25) is 0 Å². The number of aryl methyl sites for hydroxylation is 1. The molecule has 118 valence electrons. The number of benzene rings is 1. The van der Waals surface area contributed by atoms with E-state index in [-0.39, 0.29) is 6.04 Å². The zero-order valence-corrected chi connectivity index (χ0v) is 14.0. The Morgan fingerprint density at radius 2 is 2.00 bits per heavy atom. The molecule has 0 amide bonds. The molecule has 0 spiro atoms. The van der Waals surface area contributed by atoms with Gasteiger partial charge in [0, 0.05) is 12.6 Å². The SMILES string of the molecule is CCc1ccc(S(=O)(=O)NC(C)CC2CC2)cc1CNC. The molecular weight excluding hydrogens is 284 g/mol. The molecule has 1 unspecified atom stereocenters. The first-order valence-corrected chi connectivity index (χ1v) is 9.23. The van der Waals surface area contributed by atoms with Gasteiger partial charge in [-0.05, 0) is 56.0 Å². The molecule has 21 heavy (non-hydrogen) atoms. The van der Waals surface area contributed by atoms with Crippen LogP contribution in [0.25, 0.3) is 0 Å². The maximum atomic E-state index is 12.5. The molecule has 1 saturated carbocycles. The largest absolute Gasteiger partial charge is 0.316 e. The van der Waals surface area contributed by atoms with E-state index in [0.717, 1.165) is 18.4 Å². The number of sulfonamides is 1. The fourth-order valence-electron chi connectivity index (χ4n) is 2.70. The molecule has 1 aromatic carbocycles. The van der Waals surface area contributed by atoms with Crippen molar-refractivity contribution in [2.24, 2.45) is 5.92 Å². The molecule has 0 heterocycles. The Balaban J connectivity index is 2.16. The van der Waals surface area contributed by atoms with E-state index in [1.165, 1.54) is 18.4 Å². The van der Waals surface area contributed by atoms with Gasteiger partial charge in [-0.15, -0.1) is 0 Å². The second-order valence-electron chi connectivity index (χ2n) is 6.02. The molecule has 1 atom stereocenters. The summed E-state index contributed by atoms with van der Waals surface area (Å²) < 4.78 is 27.7. The van der Waals surface area contributed by atoms with E-state index >= 15 is 0 Å². The van der Waals surface area contributed by atoms with Gasteiger partial charge < -0.3 is 5.32 Å². The maximum absolute atomic E-state index is 12.5. The molecular formula is C16H26N2O2S. The molecule has 1 fully saturated rings. The second kappa shape index (κ2) is 6.90. The van der Waals surface area contributed by atoms with Gasteiger partial charge in [0.2, 0.25) is 10.0 Å². The minimum Gasteiger partial charge on any atom is -0.316 e. The number of nitrogens with one attached hydrogen (secondary N) is 2. The Morgan fingerprint density at radius 1 is 1.29 bits per heavy atom. The summed E-state index contributed by atoms with van der Waals surface area (Å²) in [5.41, 5.74) is 2.24. The minimum absolute atomic E-state index is 0.00102. The molecule has 0 radical (unpaired) electrons. The summed E-state index contributed by atoms with van der Waals surface area (Å²) in [6.45, 7) is 4.72. The number of rotatable bonds is 8. The van der Waals surface area contributed by atoms with Crippen LogP contribution >= 0.6 is 0 Å². The Bertz CT molecular complexity index is 580. The monoisotopic (exact) mass is 310 g/mol. The molecule has 1 aromatic rings. The van der Waals surface area contributed by atoms with Crippen molar-refractivity contribution in [3.8, 4) is 0 Å². The molecule has 2 rings (SSSR count). The average Bonchev–Trinajstić information content (AvgIpc) is 3.22. The highest BCUT2D eigenvalue weighted by Crippen LogP contribution is 2.33. The Kier molecular flexibility index (Phi) is 5.41. The van der Waals surface area contributed by atoms with E-state index in [0.29, 0.717) is 17.4 Å². The van der Waals surface area contributed by atoms with Crippen LogP contribution in [0, 0.1) is 5.92 Å². The third-order valence-electron chi connectivity index (χ3n) is 3.98. The lowest BCUT2D eigenvalue weighted by Gasteiger charge is -2.15. The van der Waals surface area contributed by atoms with Gasteiger partial charge in [0.1, 0.15) is 0 Å². The van der Waals surface area contributed by atoms with Gasteiger partial charge in [0.25, 0.3) is 0 Å². The fourth-order valence-corrected chi connectivity index (χ4v) is 4.01. The predicted molar refractivity (Wildman–Crippen MR) is 85.7 cm³/mol. The molecule has 0 aliphatic heterocycles. The van der Waals surface area contributed by atoms with Crippen LogP contribution < -0.4 is 10.0 Å². The molecule has 1 aliphatic rings. The van der Waals surface area contributed by atoms with Crippen LogP contribution in [0.1, 0.15) is 44.2 Å². The summed E-state index contributed by atoms with van der Waals surface area (Å²) in [5, 5.41) is 3.10. The van der Waals surface area contributed by atoms with Crippen LogP contribution in [0.4, 0.5) is 0 Å². The Hall–Kier alpha value is -0.910. The van der Waals surface area contributed by atoms with Crippen LogP contribution in [-0.4, -0.2) is 21.5 Å². The fraction of sp³-hybridized carbons (Fsp3) is 0.625. The first-order valence-electron chi connectivity index (χ1n) is 7.75. The first kappa shape index (κ1) is 16.5. The molecule has 4 nitrogen and oxygen atoms in total. The molecule has 2 N–H and O–H groups in total. The summed E-state index contributed by atoms with van der Waals surface area (Å²) in [6.07, 6.45) is 4.33. The van der Waals surface area contributed by atoms with Crippen molar-refractivity contribution < 1.29 is 8.42 Å². The van der Waals surface area contributed by atoms with Crippen LogP contribution in [0.5, 0.6) is 0 Å². The standard InChI is InChI=1S/C16H26N2O2S/c1-4-14-7-8-16(10-15(14)11-17-3)21(19,20)18-12(2)9-13-5-6-13/h7-8,10,12-13,17-18H,4-6,9,11H2,1-3H3. The summed E-state index contributed by atoms with van der Waals surface area (Å²) in [6, 6.07) is 5.43. The van der Waals surface area contributed by atoms with E-state index in [1.807, 2.05) is 20.0 Å². The van der Waals surface area contributed by atoms with Gasteiger partial charge in [0.05, 0.1) is 4.90 Å². The highest BCUT2D eigenvalue weighted by molar-refractivity contribution is 7.89. The molecule has 0 aromatic heterocycles. The van der Waals surface area contributed by atoms with Crippen LogP contribution in [0.2, 0.25) is 0 Å². The van der Waals surface area contributed by atoms with Crippen LogP contribution in [0.3, 0.4) is 0 Å². The highest BCUT2D eigenvalue weighted by Gasteiger charge is 2.26. The van der Waals surface area contributed by atoms with Crippen molar-refractivity contribution in [3.63, 3.8) is 0 Å². The van der Waals surface area contributed by atoms with Crippen molar-refractivity contribution in [1.29, 1.82) is 0 Å². The Morgan fingerprint density at radius 3 is 2.57 bits per heavy atom. The van der Waals surface area contributed by atoms with Crippen molar-refractivity contribution in [1.82, 2.24) is 10.0 Å². The number of hydrogen-bond acceptors (Lipinski definition) is 3. The van der Waals surface area contributed by atoms with E-state index in [9.17, 15) is 8.42 Å². The lowest BCUT2D eigenvalue weighted by molar-refractivity contribution is 0.530. The van der Waals surface area contributed by atoms with E-state index in [1.54, 1.807) is 12.1 Å². The first-order chi connectivity index (χ1) is 9.96. The van der Waals surface area contributed by atoms with Crippen LogP contribution in [0.15, 0.2) is 23.1 Å². The van der Waals surface area contributed by atoms with Gasteiger partial charge in [-0.1, -0.05) is 25.8 Å². The summed E-state index contributed by atoms with van der Waals surface area (Å²) in [5.74, 6) is 0.713. The lowest BCUT2D eigenvalue weighted by Crippen LogP contribution is -2.33. The highest BCUT2D eigenvalue weighted by atomic mass is 32.2. The lowest BCUT2D eigenvalue weighted by atomic mass is 10.1. The quantitative estimate of drug-likeness (QED) is 0.775. The van der Waals surface area contributed by atoms with Crippen LogP contribution in [-0.2, 0) is 23.0 Å². The zero-order valence-electron chi connectivity index (χ0n) is 13.1. The third-order valence-corrected chi connectivity index (χ3v) is 5.56. The maximum Gasteiger partial charge on any atom is 0.240 e. The Labute approximate surface area is 128 Å². The predicted octanol–water partition coefficient (Wildman–Crippen LogP) is 2.44. The average molecular weight is 310 g/mol. The van der Waals surface area contributed by atoms with Gasteiger partial charge in [-0.25, -0.2) is 13.1 Å². The summed E-state index contributed by atoms with van der Waals surface area (Å²) in [4.78, 5) is 0.368. The topological polar surface area (TPSA) is 58.2 Å². The van der Waals surface area contributed by atoms with Gasteiger partial charge in [-0.2, -0.15) is 0 Å². The molecule has 1 aliphatic carbocycles. The van der Waals surface area contributed by atoms with E-state index in [2.05, 4.69) is 17.0 Å². The van der Waals surface area contributed by atoms with E-state index in [4.69, 9.17) is 0 Å². The molecule has 0 saturated heterocycles. The van der Waals surface area contributed by atoms with Crippen molar-refractivity contribution >= 4 is 10.0 Å². The third kappa shape index (κ3) is 4.53. The van der Waals surface area contributed by atoms with Crippen molar-refractivity contribution in [3.05, 3.63) is 29.3 Å². The normalized spacial score (nSPS) is 16.9. The smallest absolute Gasteiger partial charge is 0.240 e. The van der Waals surface area contributed by atoms with Gasteiger partial charge in [0.15, 0.2) is 0 Å². The van der Waals surface area contributed by atoms with E-state index < -0.39 is 10.0 Å². The van der Waals surface area contributed by atoms with Crippen molar-refractivity contribution in [2.45, 2.75) is 57.0 Å². The second-order valence-corrected chi connectivity index (χ2v) is 7.73. The minimum atomic E-state index is -3.42. The van der Waals surface area contributed by atoms with Crippen molar-refractivity contribution in [2.75, 3.05) is 7.05 Å².